The average molecular weight is 240 g/mol. The number of fused-ring (bicyclic) bond motifs is 2. The summed E-state index contributed by atoms with van der Waals surface area (Å²) in [5.74, 6) is 0.604. The van der Waals surface area contributed by atoms with Gasteiger partial charge in [-0.2, -0.15) is 0 Å². The number of Topliss-reactive ketones (excluding diaryl/α,β-unsaturated/α-hetero) is 1. The number of hydrogen-bond donors (Lipinski definition) is 0. The maximum Gasteiger partial charge on any atom is 0.158 e. The first-order valence-corrected chi connectivity index (χ1v) is 6.72. The van der Waals surface area contributed by atoms with Gasteiger partial charge in [-0.1, -0.05) is 0 Å². The van der Waals surface area contributed by atoms with Crippen molar-refractivity contribution in [2.45, 2.75) is 57.0 Å². The van der Waals surface area contributed by atoms with Crippen LogP contribution >= 0.6 is 0 Å². The number of carbonyl (C=O) groups is 1. The summed E-state index contributed by atoms with van der Waals surface area (Å²) in [6, 6.07) is 0. The van der Waals surface area contributed by atoms with Crippen LogP contribution in [0.25, 0.3) is 0 Å². The lowest BCUT2D eigenvalue weighted by atomic mass is 9.89. The Kier molecular flexibility index (Phi) is 3.45. The third-order valence-corrected chi connectivity index (χ3v) is 4.06. The molecule has 0 radical (unpaired) electrons. The van der Waals surface area contributed by atoms with Crippen LogP contribution in [0.2, 0.25) is 0 Å². The van der Waals surface area contributed by atoms with E-state index in [0.29, 0.717) is 44.0 Å². The minimum absolute atomic E-state index is 0.143. The highest BCUT2D eigenvalue weighted by atomic mass is 16.7. The molecule has 2 unspecified atom stereocenters. The van der Waals surface area contributed by atoms with Crippen molar-refractivity contribution < 1.29 is 19.0 Å². The molecule has 17 heavy (non-hydrogen) atoms. The maximum atomic E-state index is 12.1. The molecular formula is C13H20O4. The molecule has 0 spiro atoms. The van der Waals surface area contributed by atoms with Crippen molar-refractivity contribution in [3.8, 4) is 0 Å². The zero-order valence-corrected chi connectivity index (χ0v) is 10.1. The lowest BCUT2D eigenvalue weighted by Crippen LogP contribution is -2.30. The molecule has 0 aromatic heterocycles. The van der Waals surface area contributed by atoms with E-state index in [1.165, 1.54) is 0 Å². The molecule has 0 saturated carbocycles. The second-order valence-corrected chi connectivity index (χ2v) is 5.30. The minimum Gasteiger partial charge on any atom is -0.375 e. The van der Waals surface area contributed by atoms with Gasteiger partial charge in [0.2, 0.25) is 0 Å². The molecule has 3 fully saturated rings. The van der Waals surface area contributed by atoms with Crippen LogP contribution in [0.1, 0.15) is 38.5 Å². The normalized spacial score (nSPS) is 37.5. The lowest BCUT2D eigenvalue weighted by Gasteiger charge is -2.27. The predicted molar refractivity (Wildman–Crippen MR) is 60.6 cm³/mol. The van der Waals surface area contributed by atoms with E-state index in [4.69, 9.17) is 14.2 Å². The van der Waals surface area contributed by atoms with Gasteiger partial charge in [-0.3, -0.25) is 4.79 Å². The van der Waals surface area contributed by atoms with Gasteiger partial charge in [-0.15, -0.1) is 0 Å². The number of ether oxygens (including phenoxy) is 3. The van der Waals surface area contributed by atoms with Gasteiger partial charge in [0.1, 0.15) is 5.78 Å². The second-order valence-electron chi connectivity index (χ2n) is 5.30. The molecule has 4 nitrogen and oxygen atoms in total. The van der Waals surface area contributed by atoms with Gasteiger partial charge >= 0.3 is 0 Å². The van der Waals surface area contributed by atoms with Gasteiger partial charge in [0.25, 0.3) is 0 Å². The molecule has 3 heterocycles. The van der Waals surface area contributed by atoms with E-state index in [9.17, 15) is 4.79 Å². The molecule has 3 rings (SSSR count). The Morgan fingerprint density at radius 1 is 1.06 bits per heavy atom. The summed E-state index contributed by atoms with van der Waals surface area (Å²) in [5, 5.41) is 0. The smallest absolute Gasteiger partial charge is 0.158 e. The van der Waals surface area contributed by atoms with Crippen LogP contribution in [0, 0.1) is 5.92 Å². The van der Waals surface area contributed by atoms with E-state index in [0.717, 1.165) is 25.7 Å². The molecule has 3 aliphatic rings. The van der Waals surface area contributed by atoms with Gasteiger partial charge in [0.05, 0.1) is 25.4 Å². The molecule has 0 N–H and O–H groups in total. The predicted octanol–water partition coefficient (Wildman–Crippen LogP) is 1.67. The maximum absolute atomic E-state index is 12.1. The van der Waals surface area contributed by atoms with Crippen LogP contribution in [0.5, 0.6) is 0 Å². The summed E-state index contributed by atoms with van der Waals surface area (Å²) in [7, 11) is 0. The molecule has 2 atom stereocenters. The highest BCUT2D eigenvalue weighted by Gasteiger charge is 2.37. The molecular weight excluding hydrogens is 220 g/mol. The first-order chi connectivity index (χ1) is 8.31. The lowest BCUT2D eigenvalue weighted by molar-refractivity contribution is -0.130. The standard InChI is InChI=1S/C13H20O4/c14-12(3-4-13-15-5-6-16-13)9-7-10-1-2-11(8-9)17-10/h9-11,13H,1-8H2. The molecule has 0 aromatic rings. The first-order valence-electron chi connectivity index (χ1n) is 6.72. The molecule has 4 heteroatoms. The van der Waals surface area contributed by atoms with Crippen LogP contribution in [-0.4, -0.2) is 37.5 Å². The SMILES string of the molecule is O=C(CCC1OCCO1)C1CC2CCC(C1)O2. The number of carbonyl (C=O) groups excluding carboxylic acids is 1. The Bertz CT molecular complexity index is 273. The number of rotatable bonds is 4. The van der Waals surface area contributed by atoms with Gasteiger partial charge in [-0.25, -0.2) is 0 Å². The molecule has 2 bridgehead atoms. The summed E-state index contributed by atoms with van der Waals surface area (Å²) in [6.45, 7) is 1.33. The van der Waals surface area contributed by atoms with E-state index in [2.05, 4.69) is 0 Å². The van der Waals surface area contributed by atoms with Crippen molar-refractivity contribution >= 4 is 5.78 Å². The van der Waals surface area contributed by atoms with Gasteiger partial charge in [-0.05, 0) is 25.7 Å². The Morgan fingerprint density at radius 2 is 1.71 bits per heavy atom. The fourth-order valence-electron chi connectivity index (χ4n) is 3.16. The highest BCUT2D eigenvalue weighted by Crippen LogP contribution is 2.36. The molecule has 3 saturated heterocycles. The van der Waals surface area contributed by atoms with E-state index in [1.54, 1.807) is 0 Å². The summed E-state index contributed by atoms with van der Waals surface area (Å²) in [4.78, 5) is 12.1. The fraction of sp³-hybridized carbons (Fsp3) is 0.923. The topological polar surface area (TPSA) is 44.8 Å². The third kappa shape index (κ3) is 2.69. The second kappa shape index (κ2) is 5.04. The van der Waals surface area contributed by atoms with Crippen LogP contribution in [0.4, 0.5) is 0 Å². The molecule has 0 aliphatic carbocycles. The third-order valence-electron chi connectivity index (χ3n) is 4.06. The Balaban J connectivity index is 1.45. The molecule has 0 aromatic carbocycles. The van der Waals surface area contributed by atoms with Crippen molar-refractivity contribution in [2.24, 2.45) is 5.92 Å². The number of ketones is 1. The van der Waals surface area contributed by atoms with Crippen molar-refractivity contribution in [1.82, 2.24) is 0 Å². The molecule has 0 amide bonds. The van der Waals surface area contributed by atoms with Gasteiger partial charge in [0, 0.05) is 18.8 Å². The minimum atomic E-state index is -0.143. The average Bonchev–Trinajstić information content (AvgIpc) is 2.96. The highest BCUT2D eigenvalue weighted by molar-refractivity contribution is 5.81. The van der Waals surface area contributed by atoms with Crippen LogP contribution in [0.15, 0.2) is 0 Å². The summed E-state index contributed by atoms with van der Waals surface area (Å²) in [6.07, 6.45) is 6.01. The van der Waals surface area contributed by atoms with E-state index in [-0.39, 0.29) is 12.2 Å². The zero-order chi connectivity index (χ0) is 11.7. The largest absolute Gasteiger partial charge is 0.375 e. The van der Waals surface area contributed by atoms with Crippen molar-refractivity contribution in [3.63, 3.8) is 0 Å². The summed E-state index contributed by atoms with van der Waals surface area (Å²) in [5.41, 5.74) is 0. The van der Waals surface area contributed by atoms with Crippen LogP contribution in [-0.2, 0) is 19.0 Å². The quantitative estimate of drug-likeness (QED) is 0.749. The molecule has 96 valence electrons. The Labute approximate surface area is 102 Å². The van der Waals surface area contributed by atoms with Gasteiger partial charge in [0.15, 0.2) is 6.29 Å². The fourth-order valence-corrected chi connectivity index (χ4v) is 3.16. The monoisotopic (exact) mass is 240 g/mol. The van der Waals surface area contributed by atoms with Gasteiger partial charge < -0.3 is 14.2 Å². The van der Waals surface area contributed by atoms with Crippen molar-refractivity contribution in [2.75, 3.05) is 13.2 Å². The van der Waals surface area contributed by atoms with Crippen LogP contribution < -0.4 is 0 Å². The molecule has 3 aliphatic heterocycles. The van der Waals surface area contributed by atoms with Crippen molar-refractivity contribution in [3.05, 3.63) is 0 Å². The van der Waals surface area contributed by atoms with E-state index >= 15 is 0 Å². The van der Waals surface area contributed by atoms with Crippen LogP contribution in [0.3, 0.4) is 0 Å². The van der Waals surface area contributed by atoms with Crippen molar-refractivity contribution in [1.29, 1.82) is 0 Å². The number of hydrogen-bond acceptors (Lipinski definition) is 4. The first kappa shape index (κ1) is 11.6. The van der Waals surface area contributed by atoms with E-state index in [1.807, 2.05) is 0 Å². The summed E-state index contributed by atoms with van der Waals surface area (Å²) < 4.78 is 16.4. The Hall–Kier alpha value is -0.450. The summed E-state index contributed by atoms with van der Waals surface area (Å²) >= 11 is 0. The van der Waals surface area contributed by atoms with E-state index < -0.39 is 0 Å². The zero-order valence-electron chi connectivity index (χ0n) is 10.1. The Morgan fingerprint density at radius 3 is 2.35 bits per heavy atom.